The maximum atomic E-state index is 11.9. The molecule has 1 fully saturated rings. The highest BCUT2D eigenvalue weighted by Crippen LogP contribution is 2.33. The molecule has 1 saturated heterocycles. The quantitative estimate of drug-likeness (QED) is 0.678. The third kappa shape index (κ3) is 3.91. The summed E-state index contributed by atoms with van der Waals surface area (Å²) in [7, 11) is -3.32. The van der Waals surface area contributed by atoms with Crippen LogP contribution in [0.2, 0.25) is 5.02 Å². The summed E-state index contributed by atoms with van der Waals surface area (Å²) in [5.74, 6) is 0.539. The summed E-state index contributed by atoms with van der Waals surface area (Å²) in [4.78, 5) is 11.1. The SMILES string of the molecule is CS(=O)(=O)c1ccc2ncnc(Nc3ccc(N4CCCCC4)c(Cl)c3)c2c1. The van der Waals surface area contributed by atoms with Gasteiger partial charge in [0.15, 0.2) is 9.84 Å². The molecule has 0 radical (unpaired) electrons. The van der Waals surface area contributed by atoms with Gasteiger partial charge >= 0.3 is 0 Å². The first kappa shape index (κ1) is 19.0. The highest BCUT2D eigenvalue weighted by atomic mass is 35.5. The molecule has 2 aromatic carbocycles. The van der Waals surface area contributed by atoms with Gasteiger partial charge in [-0.2, -0.15) is 0 Å². The molecule has 0 saturated carbocycles. The lowest BCUT2D eigenvalue weighted by Crippen LogP contribution is -2.29. The van der Waals surface area contributed by atoms with Crippen molar-refractivity contribution in [3.8, 4) is 0 Å². The lowest BCUT2D eigenvalue weighted by Gasteiger charge is -2.29. The Labute approximate surface area is 169 Å². The molecule has 0 amide bonds. The van der Waals surface area contributed by atoms with Crippen molar-refractivity contribution < 1.29 is 8.42 Å². The molecular formula is C20H21ClN4O2S. The minimum absolute atomic E-state index is 0.233. The smallest absolute Gasteiger partial charge is 0.175 e. The topological polar surface area (TPSA) is 75.2 Å². The second-order valence-electron chi connectivity index (χ2n) is 7.01. The van der Waals surface area contributed by atoms with Gasteiger partial charge in [-0.1, -0.05) is 11.6 Å². The van der Waals surface area contributed by atoms with Crippen LogP contribution < -0.4 is 10.2 Å². The van der Waals surface area contributed by atoms with Crippen molar-refractivity contribution in [2.75, 3.05) is 29.6 Å². The Kier molecular flexibility index (Phi) is 5.12. The predicted octanol–water partition coefficient (Wildman–Crippen LogP) is 4.42. The summed E-state index contributed by atoms with van der Waals surface area (Å²) in [5.41, 5.74) is 2.50. The normalized spacial score (nSPS) is 15.0. The molecule has 146 valence electrons. The Morgan fingerprint density at radius 1 is 1.04 bits per heavy atom. The van der Waals surface area contributed by atoms with Gasteiger partial charge in [0, 0.05) is 30.4 Å². The van der Waals surface area contributed by atoms with Crippen LogP contribution in [0.4, 0.5) is 17.2 Å². The molecule has 1 N–H and O–H groups in total. The van der Waals surface area contributed by atoms with E-state index in [-0.39, 0.29) is 4.90 Å². The van der Waals surface area contributed by atoms with Crippen LogP contribution in [0.3, 0.4) is 0 Å². The van der Waals surface area contributed by atoms with Gasteiger partial charge in [-0.15, -0.1) is 0 Å². The Morgan fingerprint density at radius 3 is 2.54 bits per heavy atom. The van der Waals surface area contributed by atoms with E-state index in [2.05, 4.69) is 20.2 Å². The van der Waals surface area contributed by atoms with Crippen molar-refractivity contribution in [1.82, 2.24) is 9.97 Å². The van der Waals surface area contributed by atoms with Crippen LogP contribution in [-0.2, 0) is 9.84 Å². The van der Waals surface area contributed by atoms with E-state index in [0.29, 0.717) is 21.7 Å². The molecule has 1 aliphatic heterocycles. The fraction of sp³-hybridized carbons (Fsp3) is 0.300. The van der Waals surface area contributed by atoms with E-state index in [0.717, 1.165) is 24.5 Å². The molecule has 1 aliphatic rings. The number of halogens is 1. The number of nitrogens with one attached hydrogen (secondary N) is 1. The van der Waals surface area contributed by atoms with E-state index in [4.69, 9.17) is 11.6 Å². The Bertz CT molecular complexity index is 1130. The van der Waals surface area contributed by atoms with Crippen molar-refractivity contribution in [1.29, 1.82) is 0 Å². The number of rotatable bonds is 4. The number of nitrogens with zero attached hydrogens (tertiary/aromatic N) is 3. The Morgan fingerprint density at radius 2 is 1.82 bits per heavy atom. The molecule has 0 aliphatic carbocycles. The lowest BCUT2D eigenvalue weighted by molar-refractivity contribution is 0.578. The van der Waals surface area contributed by atoms with Crippen molar-refractivity contribution in [3.05, 3.63) is 47.7 Å². The molecule has 6 nitrogen and oxygen atoms in total. The summed E-state index contributed by atoms with van der Waals surface area (Å²) in [5, 5.41) is 4.57. The molecule has 3 aromatic rings. The summed E-state index contributed by atoms with van der Waals surface area (Å²) < 4.78 is 23.8. The molecule has 2 heterocycles. The van der Waals surface area contributed by atoms with Gasteiger partial charge in [0.25, 0.3) is 0 Å². The molecule has 4 rings (SSSR count). The van der Waals surface area contributed by atoms with Gasteiger partial charge in [0.05, 0.1) is 21.1 Å². The van der Waals surface area contributed by atoms with Crippen molar-refractivity contribution in [3.63, 3.8) is 0 Å². The highest BCUT2D eigenvalue weighted by Gasteiger charge is 2.15. The zero-order valence-electron chi connectivity index (χ0n) is 15.5. The van der Waals surface area contributed by atoms with Crippen LogP contribution in [0.5, 0.6) is 0 Å². The number of piperidine rings is 1. The van der Waals surface area contributed by atoms with Gasteiger partial charge in [0.1, 0.15) is 12.1 Å². The number of fused-ring (bicyclic) bond motifs is 1. The van der Waals surface area contributed by atoms with Crippen LogP contribution in [0.1, 0.15) is 19.3 Å². The first-order valence-electron chi connectivity index (χ1n) is 9.18. The average Bonchev–Trinajstić information content (AvgIpc) is 2.68. The minimum Gasteiger partial charge on any atom is -0.370 e. The summed E-state index contributed by atoms with van der Waals surface area (Å²) in [6, 6.07) is 10.7. The minimum atomic E-state index is -3.32. The van der Waals surface area contributed by atoms with E-state index < -0.39 is 9.84 Å². The molecule has 28 heavy (non-hydrogen) atoms. The van der Waals surface area contributed by atoms with Gasteiger partial charge in [-0.25, -0.2) is 18.4 Å². The third-order valence-electron chi connectivity index (χ3n) is 4.94. The standard InChI is InChI=1S/C20H21ClN4O2S/c1-28(26,27)15-6-7-18-16(12-15)20(23-13-22-18)24-14-5-8-19(17(21)11-14)25-9-3-2-4-10-25/h5-8,11-13H,2-4,9-10H2,1H3,(H,22,23,24). The Balaban J connectivity index is 1.67. The van der Waals surface area contributed by atoms with Crippen LogP contribution in [0.25, 0.3) is 10.9 Å². The summed E-state index contributed by atoms with van der Waals surface area (Å²) in [6.45, 7) is 2.05. The predicted molar refractivity (Wildman–Crippen MR) is 113 cm³/mol. The van der Waals surface area contributed by atoms with E-state index in [1.807, 2.05) is 18.2 Å². The fourth-order valence-electron chi connectivity index (χ4n) is 3.48. The van der Waals surface area contributed by atoms with Crippen molar-refractivity contribution in [2.24, 2.45) is 0 Å². The van der Waals surface area contributed by atoms with Crippen LogP contribution in [0.15, 0.2) is 47.6 Å². The Hall–Kier alpha value is -2.38. The number of benzene rings is 2. The van der Waals surface area contributed by atoms with Crippen LogP contribution in [0, 0.1) is 0 Å². The van der Waals surface area contributed by atoms with Gasteiger partial charge in [-0.3, -0.25) is 0 Å². The van der Waals surface area contributed by atoms with Gasteiger partial charge in [0.2, 0.25) is 0 Å². The van der Waals surface area contributed by atoms with Crippen LogP contribution >= 0.6 is 11.6 Å². The number of hydrogen-bond donors (Lipinski definition) is 1. The maximum Gasteiger partial charge on any atom is 0.175 e. The molecule has 0 spiro atoms. The maximum absolute atomic E-state index is 11.9. The van der Waals surface area contributed by atoms with Crippen LogP contribution in [-0.4, -0.2) is 37.7 Å². The number of aromatic nitrogens is 2. The molecule has 8 heteroatoms. The van der Waals surface area contributed by atoms with Gasteiger partial charge < -0.3 is 10.2 Å². The molecule has 1 aromatic heterocycles. The van der Waals surface area contributed by atoms with Crippen molar-refractivity contribution in [2.45, 2.75) is 24.2 Å². The molecule has 0 atom stereocenters. The third-order valence-corrected chi connectivity index (χ3v) is 6.36. The zero-order valence-corrected chi connectivity index (χ0v) is 17.1. The van der Waals surface area contributed by atoms with Crippen molar-refractivity contribution >= 4 is 49.5 Å². The molecule has 0 bridgehead atoms. The number of hydrogen-bond acceptors (Lipinski definition) is 6. The zero-order chi connectivity index (χ0) is 19.7. The fourth-order valence-corrected chi connectivity index (χ4v) is 4.43. The van der Waals surface area contributed by atoms with E-state index in [1.54, 1.807) is 18.2 Å². The largest absolute Gasteiger partial charge is 0.370 e. The molecule has 0 unspecified atom stereocenters. The summed E-state index contributed by atoms with van der Waals surface area (Å²) >= 11 is 6.54. The van der Waals surface area contributed by atoms with E-state index >= 15 is 0 Å². The van der Waals surface area contributed by atoms with E-state index in [9.17, 15) is 8.42 Å². The second kappa shape index (κ2) is 7.56. The number of sulfone groups is 1. The lowest BCUT2D eigenvalue weighted by atomic mass is 10.1. The van der Waals surface area contributed by atoms with Gasteiger partial charge in [-0.05, 0) is 55.7 Å². The number of anilines is 3. The molecular weight excluding hydrogens is 396 g/mol. The first-order valence-corrected chi connectivity index (χ1v) is 11.4. The second-order valence-corrected chi connectivity index (χ2v) is 9.44. The average molecular weight is 417 g/mol. The highest BCUT2D eigenvalue weighted by molar-refractivity contribution is 7.90. The first-order chi connectivity index (χ1) is 13.4. The monoisotopic (exact) mass is 416 g/mol. The summed E-state index contributed by atoms with van der Waals surface area (Å²) in [6.07, 6.45) is 6.28. The van der Waals surface area contributed by atoms with E-state index in [1.165, 1.54) is 31.8 Å².